The van der Waals surface area contributed by atoms with Crippen molar-refractivity contribution >= 4 is 27.8 Å². The molecule has 0 unspecified atom stereocenters. The van der Waals surface area contributed by atoms with E-state index >= 15 is 0 Å². The lowest BCUT2D eigenvalue weighted by molar-refractivity contribution is -0.594. The number of aromatic nitrogens is 8. The summed E-state index contributed by atoms with van der Waals surface area (Å²) in [6.45, 7) is 2.00. The van der Waals surface area contributed by atoms with Crippen LogP contribution in [0, 0.1) is 0 Å². The van der Waals surface area contributed by atoms with Crippen LogP contribution in [0.5, 0.6) is 0 Å². The van der Waals surface area contributed by atoms with Crippen molar-refractivity contribution in [2.75, 3.05) is 5.32 Å². The van der Waals surface area contributed by atoms with Crippen LogP contribution in [0.15, 0.2) is 84.7 Å². The number of nitrogens with zero attached hydrogens (tertiary/aromatic N) is 6. The van der Waals surface area contributed by atoms with Gasteiger partial charge in [0, 0.05) is 16.5 Å². The smallest absolute Gasteiger partial charge is 0.269 e. The number of anilines is 1. The van der Waals surface area contributed by atoms with Gasteiger partial charge in [-0.15, -0.1) is 5.10 Å². The molecule has 6 aromatic rings. The lowest BCUT2D eigenvalue weighted by Crippen LogP contribution is -2.32. The van der Waals surface area contributed by atoms with E-state index in [0.29, 0.717) is 22.4 Å². The number of aromatic amines is 2. The monoisotopic (exact) mass is 450 g/mol. The van der Waals surface area contributed by atoms with Crippen LogP contribution in [0.2, 0.25) is 0 Å². The molecule has 0 amide bonds. The minimum atomic E-state index is -0.260. The van der Waals surface area contributed by atoms with Gasteiger partial charge in [-0.1, -0.05) is 30.3 Å². The molecule has 0 saturated heterocycles. The second-order valence-corrected chi connectivity index (χ2v) is 7.89. The Morgan fingerprint density at radius 1 is 1.06 bits per heavy atom. The van der Waals surface area contributed by atoms with Crippen molar-refractivity contribution in [3.8, 4) is 11.4 Å². The summed E-state index contributed by atoms with van der Waals surface area (Å²) in [6, 6.07) is 17.2. The van der Waals surface area contributed by atoms with E-state index < -0.39 is 0 Å². The van der Waals surface area contributed by atoms with Crippen molar-refractivity contribution in [1.29, 1.82) is 0 Å². The lowest BCUT2D eigenvalue weighted by atomic mass is 10.1. The molecular formula is C24H20N9O+. The highest BCUT2D eigenvalue weighted by atomic mass is 16.1. The van der Waals surface area contributed by atoms with E-state index in [1.165, 1.54) is 6.33 Å². The third-order valence-corrected chi connectivity index (χ3v) is 5.82. The molecule has 0 aliphatic carbocycles. The largest absolute Gasteiger partial charge is 0.360 e. The Labute approximate surface area is 193 Å². The van der Waals surface area contributed by atoms with E-state index in [4.69, 9.17) is 0 Å². The Balaban J connectivity index is 1.58. The molecule has 0 radical (unpaired) electrons. The van der Waals surface area contributed by atoms with Crippen LogP contribution in [-0.4, -0.2) is 34.7 Å². The Morgan fingerprint density at radius 2 is 1.94 bits per heavy atom. The fourth-order valence-corrected chi connectivity index (χ4v) is 4.25. The van der Waals surface area contributed by atoms with E-state index in [0.717, 1.165) is 22.5 Å². The Kier molecular flexibility index (Phi) is 4.61. The van der Waals surface area contributed by atoms with Crippen molar-refractivity contribution in [1.82, 2.24) is 34.7 Å². The molecular weight excluding hydrogens is 430 g/mol. The maximum absolute atomic E-state index is 14.0. The molecule has 10 heteroatoms. The third-order valence-electron chi connectivity index (χ3n) is 5.82. The fourth-order valence-electron chi connectivity index (χ4n) is 4.25. The van der Waals surface area contributed by atoms with Crippen molar-refractivity contribution in [3.05, 3.63) is 96.0 Å². The Morgan fingerprint density at radius 3 is 2.76 bits per heavy atom. The van der Waals surface area contributed by atoms with Gasteiger partial charge in [-0.3, -0.25) is 9.36 Å². The normalized spacial score (nSPS) is 12.3. The number of para-hydroxylation sites is 1. The molecule has 0 fully saturated rings. The molecule has 0 bridgehead atoms. The first kappa shape index (κ1) is 19.8. The van der Waals surface area contributed by atoms with Gasteiger partial charge in [-0.25, -0.2) is 19.5 Å². The zero-order valence-electron chi connectivity index (χ0n) is 18.2. The predicted molar refractivity (Wildman–Crippen MR) is 127 cm³/mol. The van der Waals surface area contributed by atoms with E-state index in [1.807, 2.05) is 61.5 Å². The average molecular weight is 450 g/mol. The molecule has 34 heavy (non-hydrogen) atoms. The first-order valence-corrected chi connectivity index (χ1v) is 10.8. The van der Waals surface area contributed by atoms with Crippen LogP contribution in [0.4, 0.5) is 5.82 Å². The zero-order valence-corrected chi connectivity index (χ0v) is 18.2. The summed E-state index contributed by atoms with van der Waals surface area (Å²) in [6.07, 6.45) is 6.41. The number of hydrogen-bond donors (Lipinski definition) is 3. The molecule has 10 nitrogen and oxygen atoms in total. The number of rotatable bonds is 5. The zero-order chi connectivity index (χ0) is 23.1. The number of fused-ring (bicyclic) bond motifs is 2. The highest BCUT2D eigenvalue weighted by molar-refractivity contribution is 5.88. The maximum Gasteiger partial charge on any atom is 0.269 e. The topological polar surface area (TPSA) is 121 Å². The molecule has 0 aliphatic heterocycles. The number of benzene rings is 2. The summed E-state index contributed by atoms with van der Waals surface area (Å²) in [5, 5.41) is 11.7. The second kappa shape index (κ2) is 7.93. The highest BCUT2D eigenvalue weighted by Crippen LogP contribution is 2.26. The van der Waals surface area contributed by atoms with Crippen LogP contribution in [0.1, 0.15) is 18.7 Å². The first-order valence-electron chi connectivity index (χ1n) is 10.8. The highest BCUT2D eigenvalue weighted by Gasteiger charge is 2.21. The minimum Gasteiger partial charge on any atom is -0.360 e. The molecule has 0 spiro atoms. The first-order chi connectivity index (χ1) is 16.7. The molecule has 4 heterocycles. The van der Waals surface area contributed by atoms with Crippen LogP contribution < -0.4 is 15.4 Å². The Hall–Kier alpha value is -4.86. The number of imidazole rings is 1. The summed E-state index contributed by atoms with van der Waals surface area (Å²) in [7, 11) is 0. The molecule has 4 aromatic heterocycles. The lowest BCUT2D eigenvalue weighted by Gasteiger charge is -2.21. The standard InChI is InChI=1S/C24H19N9O/c1-15(31-23-21-22(26-11-25-21)27-12-28-23)19-10-16-6-5-9-18(32-13-29-30-14-32)20(16)24(34)33(19)17-7-3-2-4-8-17/h2-15H,1H3,(H2,25,26,27,28,31)/p+1/t15-/m1/s1. The van der Waals surface area contributed by atoms with Gasteiger partial charge in [0.15, 0.2) is 11.5 Å². The summed E-state index contributed by atoms with van der Waals surface area (Å²) in [5.41, 5.74) is 3.49. The van der Waals surface area contributed by atoms with E-state index in [-0.39, 0.29) is 11.6 Å². The average Bonchev–Trinajstić information content (AvgIpc) is 3.57. The van der Waals surface area contributed by atoms with Crippen LogP contribution in [0.25, 0.3) is 33.3 Å². The molecule has 6 rings (SSSR count). The molecule has 0 saturated carbocycles. The van der Waals surface area contributed by atoms with Gasteiger partial charge in [-0.2, -0.15) is 0 Å². The summed E-state index contributed by atoms with van der Waals surface area (Å²) in [5.74, 6) is 0.616. The number of hydrogen-bond acceptors (Lipinski definition) is 6. The van der Waals surface area contributed by atoms with E-state index in [9.17, 15) is 4.79 Å². The van der Waals surface area contributed by atoms with Gasteiger partial charge in [0.25, 0.3) is 11.9 Å². The molecule has 2 aromatic carbocycles. The van der Waals surface area contributed by atoms with Gasteiger partial charge >= 0.3 is 0 Å². The van der Waals surface area contributed by atoms with Crippen molar-refractivity contribution in [3.63, 3.8) is 0 Å². The quantitative estimate of drug-likeness (QED) is 0.347. The van der Waals surface area contributed by atoms with Crippen LogP contribution >= 0.6 is 0 Å². The number of H-pyrrole nitrogens is 2. The van der Waals surface area contributed by atoms with Gasteiger partial charge in [0.05, 0.1) is 17.8 Å². The predicted octanol–water partition coefficient (Wildman–Crippen LogP) is 2.83. The van der Waals surface area contributed by atoms with Crippen LogP contribution in [-0.2, 0) is 0 Å². The summed E-state index contributed by atoms with van der Waals surface area (Å²) < 4.78 is 3.55. The third kappa shape index (κ3) is 3.20. The van der Waals surface area contributed by atoms with Gasteiger partial charge in [0.2, 0.25) is 6.33 Å². The molecule has 0 aliphatic rings. The van der Waals surface area contributed by atoms with Gasteiger partial charge < -0.3 is 10.3 Å². The number of pyridine rings is 1. The SMILES string of the molecule is C[C@@H](Nc1ncnc2nc[nH]c12)c1cc2cccc(-[n+]3cn[nH]c3)c2c(=O)n1-c1ccccc1. The van der Waals surface area contributed by atoms with Crippen molar-refractivity contribution in [2.24, 2.45) is 0 Å². The number of nitrogens with one attached hydrogen (secondary N) is 3. The van der Waals surface area contributed by atoms with E-state index in [2.05, 4.69) is 35.5 Å². The van der Waals surface area contributed by atoms with Crippen LogP contribution in [0.3, 0.4) is 0 Å². The van der Waals surface area contributed by atoms with Gasteiger partial charge in [-0.05, 0) is 36.6 Å². The van der Waals surface area contributed by atoms with Gasteiger partial charge in [0.1, 0.15) is 17.5 Å². The molecule has 166 valence electrons. The minimum absolute atomic E-state index is 0.119. The summed E-state index contributed by atoms with van der Waals surface area (Å²) in [4.78, 5) is 29.9. The second-order valence-electron chi connectivity index (χ2n) is 7.89. The van der Waals surface area contributed by atoms with Crippen molar-refractivity contribution < 1.29 is 4.57 Å². The van der Waals surface area contributed by atoms with Crippen molar-refractivity contribution in [2.45, 2.75) is 13.0 Å². The molecule has 3 N–H and O–H groups in total. The Bertz CT molecular complexity index is 1670. The molecule has 1 atom stereocenters. The fraction of sp³-hybridized carbons (Fsp3) is 0.0833. The maximum atomic E-state index is 14.0. The summed E-state index contributed by atoms with van der Waals surface area (Å²) >= 11 is 0. The van der Waals surface area contributed by atoms with E-state index in [1.54, 1.807) is 28.1 Å².